The van der Waals surface area contributed by atoms with Crippen molar-refractivity contribution in [3.8, 4) is 0 Å². The minimum Gasteiger partial charge on any atom is -0.337 e. The van der Waals surface area contributed by atoms with Gasteiger partial charge in [-0.25, -0.2) is 0 Å². The van der Waals surface area contributed by atoms with Crippen molar-refractivity contribution < 1.29 is 9.59 Å². The van der Waals surface area contributed by atoms with Crippen molar-refractivity contribution in [2.24, 2.45) is 0 Å². The number of fused-ring (bicyclic) bond motifs is 3. The van der Waals surface area contributed by atoms with Crippen LogP contribution in [-0.4, -0.2) is 53.8 Å². The Kier molecular flexibility index (Phi) is 6.53. The Morgan fingerprint density at radius 2 is 1.70 bits per heavy atom. The van der Waals surface area contributed by atoms with Crippen molar-refractivity contribution in [3.05, 3.63) is 29.8 Å². The second kappa shape index (κ2) is 8.87. The number of anilines is 1. The lowest BCUT2D eigenvalue weighted by Crippen LogP contribution is -2.50. The summed E-state index contributed by atoms with van der Waals surface area (Å²) in [5, 5.41) is 0. The first-order valence-corrected chi connectivity index (χ1v) is 10.4. The first-order chi connectivity index (χ1) is 13.0. The number of rotatable bonds is 2. The molecular weight excluding hydrogens is 338 g/mol. The smallest absolute Gasteiger partial charge is 0.226 e. The number of hydrogen-bond acceptors (Lipinski definition) is 3. The van der Waals surface area contributed by atoms with Crippen molar-refractivity contribution in [2.45, 2.75) is 71.0 Å². The van der Waals surface area contributed by atoms with Crippen LogP contribution < -0.4 is 4.90 Å². The molecule has 3 rings (SSSR count). The van der Waals surface area contributed by atoms with Crippen LogP contribution in [0.4, 0.5) is 5.69 Å². The van der Waals surface area contributed by atoms with Gasteiger partial charge in [0.1, 0.15) is 0 Å². The molecule has 2 bridgehead atoms. The van der Waals surface area contributed by atoms with Gasteiger partial charge in [0, 0.05) is 50.2 Å². The molecule has 2 amide bonds. The molecule has 5 heteroatoms. The van der Waals surface area contributed by atoms with Crippen LogP contribution in [0, 0.1) is 0 Å². The van der Waals surface area contributed by atoms with Crippen molar-refractivity contribution in [1.29, 1.82) is 0 Å². The van der Waals surface area contributed by atoms with Gasteiger partial charge < -0.3 is 9.80 Å². The third-order valence-electron chi connectivity index (χ3n) is 6.25. The monoisotopic (exact) mass is 371 g/mol. The zero-order valence-electron chi connectivity index (χ0n) is 17.0. The lowest BCUT2D eigenvalue weighted by atomic mass is 9.93. The van der Waals surface area contributed by atoms with Crippen LogP contribution in [0.2, 0.25) is 0 Å². The van der Waals surface area contributed by atoms with E-state index in [0.717, 1.165) is 37.2 Å². The Bertz CT molecular complexity index is 675. The number of para-hydroxylation sites is 1. The highest BCUT2D eigenvalue weighted by Crippen LogP contribution is 2.29. The molecule has 1 fully saturated rings. The predicted octanol–water partition coefficient (Wildman–Crippen LogP) is 3.42. The molecule has 2 aliphatic rings. The van der Waals surface area contributed by atoms with E-state index in [0.29, 0.717) is 31.5 Å². The van der Waals surface area contributed by atoms with Gasteiger partial charge in [-0.3, -0.25) is 14.5 Å². The molecular formula is C22H33N3O2. The van der Waals surface area contributed by atoms with Crippen LogP contribution in [0.15, 0.2) is 24.3 Å². The number of benzene rings is 1. The van der Waals surface area contributed by atoms with E-state index in [1.807, 2.05) is 41.8 Å². The highest BCUT2D eigenvalue weighted by Gasteiger charge is 2.32. The summed E-state index contributed by atoms with van der Waals surface area (Å²) in [6.07, 6.45) is 5.50. The fraction of sp³-hybridized carbons (Fsp3) is 0.636. The van der Waals surface area contributed by atoms with Crippen molar-refractivity contribution in [3.63, 3.8) is 0 Å². The summed E-state index contributed by atoms with van der Waals surface area (Å²) in [5.41, 5.74) is 2.04. The molecule has 0 N–H and O–H groups in total. The SMILES string of the molecule is CCC(=O)N1Cc2ccccc2N(C(=O)CC)CCC2CCCC(C1)N2C. The lowest BCUT2D eigenvalue weighted by Gasteiger charge is -2.41. The quantitative estimate of drug-likeness (QED) is 0.800. The van der Waals surface area contributed by atoms with Crippen LogP contribution in [0.5, 0.6) is 0 Å². The molecule has 2 unspecified atom stereocenters. The van der Waals surface area contributed by atoms with Gasteiger partial charge in [-0.15, -0.1) is 0 Å². The zero-order chi connectivity index (χ0) is 19.4. The maximum absolute atomic E-state index is 12.7. The van der Waals surface area contributed by atoms with Gasteiger partial charge in [-0.2, -0.15) is 0 Å². The van der Waals surface area contributed by atoms with Gasteiger partial charge in [0.15, 0.2) is 0 Å². The summed E-state index contributed by atoms with van der Waals surface area (Å²) in [6, 6.07) is 8.97. The largest absolute Gasteiger partial charge is 0.337 e. The molecule has 0 aliphatic carbocycles. The summed E-state index contributed by atoms with van der Waals surface area (Å²) in [4.78, 5) is 31.8. The maximum atomic E-state index is 12.7. The average Bonchev–Trinajstić information content (AvgIpc) is 2.70. The number of carbonyl (C=O) groups is 2. The molecule has 2 heterocycles. The van der Waals surface area contributed by atoms with E-state index >= 15 is 0 Å². The predicted molar refractivity (Wildman–Crippen MR) is 109 cm³/mol. The Morgan fingerprint density at radius 3 is 2.44 bits per heavy atom. The Hall–Kier alpha value is -1.88. The summed E-state index contributed by atoms with van der Waals surface area (Å²) in [7, 11) is 2.19. The summed E-state index contributed by atoms with van der Waals surface area (Å²) >= 11 is 0. The summed E-state index contributed by atoms with van der Waals surface area (Å²) < 4.78 is 0. The minimum absolute atomic E-state index is 0.157. The fourth-order valence-electron chi connectivity index (χ4n) is 4.56. The van der Waals surface area contributed by atoms with Crippen molar-refractivity contribution >= 4 is 17.5 Å². The molecule has 0 spiro atoms. The molecule has 148 valence electrons. The standard InChI is InChI=1S/C22H33N3O2/c1-4-21(26)24-15-17-9-6-7-12-20(17)25(22(27)5-2)14-13-18-10-8-11-19(16-24)23(18)3/h6-7,9,12,18-19H,4-5,8,10-11,13-16H2,1-3H3. The normalized spacial score (nSPS) is 24.1. The molecule has 1 aromatic rings. The highest BCUT2D eigenvalue weighted by atomic mass is 16.2. The Balaban J connectivity index is 2.02. The second-order valence-electron chi connectivity index (χ2n) is 7.85. The van der Waals surface area contributed by atoms with Gasteiger partial charge in [0.25, 0.3) is 0 Å². The molecule has 0 radical (unpaired) electrons. The number of amides is 2. The molecule has 1 aromatic carbocycles. The maximum Gasteiger partial charge on any atom is 0.226 e. The Morgan fingerprint density at radius 1 is 1.00 bits per heavy atom. The summed E-state index contributed by atoms with van der Waals surface area (Å²) in [5.74, 6) is 0.345. The molecule has 1 saturated heterocycles. The fourth-order valence-corrected chi connectivity index (χ4v) is 4.56. The number of piperidine rings is 1. The molecule has 0 saturated carbocycles. The molecule has 2 aliphatic heterocycles. The van der Waals surface area contributed by atoms with Crippen LogP contribution in [0.1, 0.15) is 57.9 Å². The topological polar surface area (TPSA) is 43.9 Å². The second-order valence-corrected chi connectivity index (χ2v) is 7.85. The third kappa shape index (κ3) is 4.34. The first-order valence-electron chi connectivity index (χ1n) is 10.4. The van der Waals surface area contributed by atoms with E-state index < -0.39 is 0 Å². The number of likely N-dealkylation sites (N-methyl/N-ethyl adjacent to an activating group) is 1. The van der Waals surface area contributed by atoms with Gasteiger partial charge >= 0.3 is 0 Å². The van der Waals surface area contributed by atoms with Crippen LogP contribution in [0.25, 0.3) is 0 Å². The van der Waals surface area contributed by atoms with Crippen molar-refractivity contribution in [1.82, 2.24) is 9.80 Å². The molecule has 2 atom stereocenters. The highest BCUT2D eigenvalue weighted by molar-refractivity contribution is 5.94. The summed E-state index contributed by atoms with van der Waals surface area (Å²) in [6.45, 7) is 5.94. The number of nitrogens with zero attached hydrogens (tertiary/aromatic N) is 3. The van der Waals surface area contributed by atoms with Gasteiger partial charge in [-0.05, 0) is 37.9 Å². The van der Waals surface area contributed by atoms with Crippen LogP contribution >= 0.6 is 0 Å². The Labute approximate surface area is 163 Å². The third-order valence-corrected chi connectivity index (χ3v) is 6.25. The van der Waals surface area contributed by atoms with Crippen LogP contribution in [-0.2, 0) is 16.1 Å². The molecule has 0 aromatic heterocycles. The van der Waals surface area contributed by atoms with E-state index in [9.17, 15) is 9.59 Å². The number of carbonyl (C=O) groups excluding carboxylic acids is 2. The molecule has 27 heavy (non-hydrogen) atoms. The van der Waals surface area contributed by atoms with E-state index in [-0.39, 0.29) is 11.8 Å². The van der Waals surface area contributed by atoms with E-state index in [2.05, 4.69) is 18.0 Å². The number of hydrogen-bond donors (Lipinski definition) is 0. The van der Waals surface area contributed by atoms with Gasteiger partial charge in [0.2, 0.25) is 11.8 Å². The molecule has 5 nitrogen and oxygen atoms in total. The van der Waals surface area contributed by atoms with Gasteiger partial charge in [0.05, 0.1) is 0 Å². The van der Waals surface area contributed by atoms with Crippen molar-refractivity contribution in [2.75, 3.05) is 25.0 Å². The van der Waals surface area contributed by atoms with E-state index in [1.165, 1.54) is 12.8 Å². The first kappa shape index (κ1) is 19.9. The zero-order valence-corrected chi connectivity index (χ0v) is 17.0. The minimum atomic E-state index is 0.157. The van der Waals surface area contributed by atoms with Gasteiger partial charge in [-0.1, -0.05) is 38.5 Å². The van der Waals surface area contributed by atoms with E-state index in [1.54, 1.807) is 0 Å². The average molecular weight is 372 g/mol. The lowest BCUT2D eigenvalue weighted by molar-refractivity contribution is -0.132. The van der Waals surface area contributed by atoms with Crippen LogP contribution in [0.3, 0.4) is 0 Å². The van der Waals surface area contributed by atoms with E-state index in [4.69, 9.17) is 0 Å².